The number of hydrogen-bond donors (Lipinski definition) is 3. The summed E-state index contributed by atoms with van der Waals surface area (Å²) in [5.41, 5.74) is 8.82. The topological polar surface area (TPSA) is 90.5 Å². The third kappa shape index (κ3) is 4.67. The Bertz CT molecular complexity index is 1420. The molecule has 0 spiro atoms. The fourth-order valence-electron chi connectivity index (χ4n) is 3.89. The number of nitrogens with one attached hydrogen (secondary N) is 3. The van der Waals surface area contributed by atoms with Gasteiger partial charge in [0.2, 0.25) is 0 Å². The molecule has 0 fully saturated rings. The number of urea groups is 1. The number of benzene rings is 4. The van der Waals surface area contributed by atoms with Crippen LogP contribution in [0, 0.1) is 6.92 Å². The van der Waals surface area contributed by atoms with Crippen molar-refractivity contribution in [2.75, 3.05) is 10.2 Å². The van der Waals surface area contributed by atoms with E-state index >= 15 is 0 Å². The molecule has 1 aliphatic rings. The Labute approximate surface area is 212 Å². The molecule has 36 heavy (non-hydrogen) atoms. The van der Waals surface area contributed by atoms with E-state index in [0.29, 0.717) is 16.8 Å². The standard InChI is InChI=1S/C28H22N4O3S/c1-18-8-2-3-9-21(18)27(34)29-20-16-14-19(15-17-20)26(33)30-31-28(35)32-22-10-4-6-12-24(22)36-25-13-7-5-11-23(25)32/h2-17H,1H3,(H,29,34)(H,30,33)(H,31,35). The molecule has 0 atom stereocenters. The van der Waals surface area contributed by atoms with Crippen molar-refractivity contribution in [1.82, 2.24) is 10.9 Å². The third-order valence-corrected chi connectivity index (χ3v) is 6.84. The van der Waals surface area contributed by atoms with Gasteiger partial charge in [0.1, 0.15) is 0 Å². The first-order valence-electron chi connectivity index (χ1n) is 11.2. The van der Waals surface area contributed by atoms with Gasteiger partial charge in [-0.15, -0.1) is 0 Å². The number of anilines is 3. The lowest BCUT2D eigenvalue weighted by Gasteiger charge is -2.30. The minimum absolute atomic E-state index is 0.224. The van der Waals surface area contributed by atoms with Gasteiger partial charge < -0.3 is 5.32 Å². The first-order valence-corrected chi connectivity index (χ1v) is 12.1. The normalized spacial score (nSPS) is 11.6. The Morgan fingerprint density at radius 2 is 1.25 bits per heavy atom. The van der Waals surface area contributed by atoms with E-state index in [-0.39, 0.29) is 5.91 Å². The molecule has 3 N–H and O–H groups in total. The molecule has 4 aromatic rings. The van der Waals surface area contributed by atoms with Crippen molar-refractivity contribution >= 4 is 46.7 Å². The second-order valence-electron chi connectivity index (χ2n) is 8.10. The Kier molecular flexibility index (Phi) is 6.42. The molecule has 7 nitrogen and oxygen atoms in total. The van der Waals surface area contributed by atoms with Crippen LogP contribution in [-0.4, -0.2) is 17.8 Å². The molecule has 4 aromatic carbocycles. The molecular weight excluding hydrogens is 472 g/mol. The highest BCUT2D eigenvalue weighted by Gasteiger charge is 2.28. The number of hydrogen-bond acceptors (Lipinski definition) is 4. The first kappa shape index (κ1) is 23.2. The van der Waals surface area contributed by atoms with Gasteiger partial charge in [0, 0.05) is 26.6 Å². The molecule has 5 rings (SSSR count). The van der Waals surface area contributed by atoms with Crippen LogP contribution in [-0.2, 0) is 0 Å². The molecule has 0 aromatic heterocycles. The lowest BCUT2D eigenvalue weighted by molar-refractivity contribution is 0.0937. The summed E-state index contributed by atoms with van der Waals surface area (Å²) in [7, 11) is 0. The molecule has 0 saturated carbocycles. The average Bonchev–Trinajstić information content (AvgIpc) is 2.90. The largest absolute Gasteiger partial charge is 0.345 e. The molecule has 0 saturated heterocycles. The average molecular weight is 495 g/mol. The number of fused-ring (bicyclic) bond motifs is 2. The summed E-state index contributed by atoms with van der Waals surface area (Å²) in [6.07, 6.45) is 0. The molecule has 0 radical (unpaired) electrons. The fraction of sp³-hybridized carbons (Fsp3) is 0.0357. The summed E-state index contributed by atoms with van der Waals surface area (Å²) in [5.74, 6) is -0.703. The number of amides is 4. The molecule has 1 aliphatic heterocycles. The van der Waals surface area contributed by atoms with Crippen molar-refractivity contribution in [3.8, 4) is 0 Å². The van der Waals surface area contributed by atoms with Gasteiger partial charge in [-0.25, -0.2) is 10.2 Å². The van der Waals surface area contributed by atoms with Crippen molar-refractivity contribution in [2.24, 2.45) is 0 Å². The molecule has 1 heterocycles. The van der Waals surface area contributed by atoms with Gasteiger partial charge in [-0.1, -0.05) is 54.2 Å². The summed E-state index contributed by atoms with van der Waals surface area (Å²) >= 11 is 1.59. The van der Waals surface area contributed by atoms with Crippen molar-refractivity contribution in [1.29, 1.82) is 0 Å². The van der Waals surface area contributed by atoms with E-state index in [4.69, 9.17) is 0 Å². The summed E-state index contributed by atoms with van der Waals surface area (Å²) in [6.45, 7) is 1.87. The van der Waals surface area contributed by atoms with Crippen LogP contribution < -0.4 is 21.1 Å². The van der Waals surface area contributed by atoms with Crippen LogP contribution in [0.1, 0.15) is 26.3 Å². The van der Waals surface area contributed by atoms with Gasteiger partial charge >= 0.3 is 6.03 Å². The highest BCUT2D eigenvalue weighted by molar-refractivity contribution is 7.99. The van der Waals surface area contributed by atoms with Crippen molar-refractivity contribution in [3.63, 3.8) is 0 Å². The highest BCUT2D eigenvalue weighted by atomic mass is 32.2. The SMILES string of the molecule is Cc1ccccc1C(=O)Nc1ccc(C(=O)NNC(=O)N2c3ccccc3Sc3ccccc32)cc1. The van der Waals surface area contributed by atoms with E-state index in [1.807, 2.05) is 73.7 Å². The van der Waals surface area contributed by atoms with Gasteiger partial charge in [-0.3, -0.25) is 19.9 Å². The Balaban J connectivity index is 1.25. The van der Waals surface area contributed by atoms with Crippen LogP contribution in [0.5, 0.6) is 0 Å². The summed E-state index contributed by atoms with van der Waals surface area (Å²) in [5, 5.41) is 2.83. The van der Waals surface area contributed by atoms with Gasteiger partial charge in [-0.05, 0) is 67.1 Å². The number of carbonyl (C=O) groups excluding carboxylic acids is 3. The zero-order chi connectivity index (χ0) is 25.1. The summed E-state index contributed by atoms with van der Waals surface area (Å²) < 4.78 is 0. The van der Waals surface area contributed by atoms with Crippen molar-refractivity contribution in [3.05, 3.63) is 114 Å². The van der Waals surface area contributed by atoms with E-state index < -0.39 is 11.9 Å². The molecule has 0 aliphatic carbocycles. The highest BCUT2D eigenvalue weighted by Crippen LogP contribution is 2.47. The van der Waals surface area contributed by atoms with Crippen LogP contribution in [0.4, 0.5) is 21.9 Å². The zero-order valence-corrected chi connectivity index (χ0v) is 20.1. The van der Waals surface area contributed by atoms with E-state index in [1.165, 1.54) is 0 Å². The number of para-hydroxylation sites is 2. The van der Waals surface area contributed by atoms with E-state index in [0.717, 1.165) is 26.7 Å². The number of aryl methyl sites for hydroxylation is 1. The number of hydrazine groups is 1. The number of rotatable bonds is 3. The van der Waals surface area contributed by atoms with Gasteiger partial charge in [0.25, 0.3) is 11.8 Å². The van der Waals surface area contributed by atoms with Crippen molar-refractivity contribution in [2.45, 2.75) is 16.7 Å². The predicted octanol–water partition coefficient (Wildman–Crippen LogP) is 5.90. The smallest absolute Gasteiger partial charge is 0.322 e. The monoisotopic (exact) mass is 494 g/mol. The van der Waals surface area contributed by atoms with Crippen LogP contribution in [0.25, 0.3) is 0 Å². The fourth-order valence-corrected chi connectivity index (χ4v) is 4.95. The maximum absolute atomic E-state index is 13.1. The predicted molar refractivity (Wildman–Crippen MR) is 141 cm³/mol. The quantitative estimate of drug-likeness (QED) is 0.309. The van der Waals surface area contributed by atoms with Gasteiger partial charge in [0.15, 0.2) is 0 Å². The molecule has 4 amide bonds. The summed E-state index contributed by atoms with van der Waals surface area (Å²) in [6, 6.07) is 28.5. The third-order valence-electron chi connectivity index (χ3n) is 5.71. The van der Waals surface area contributed by atoms with E-state index in [2.05, 4.69) is 16.2 Å². The molecule has 178 valence electrons. The number of carbonyl (C=O) groups is 3. The number of nitrogens with zero attached hydrogens (tertiary/aromatic N) is 1. The van der Waals surface area contributed by atoms with E-state index in [1.54, 1.807) is 47.0 Å². The molecule has 8 heteroatoms. The van der Waals surface area contributed by atoms with Crippen LogP contribution in [0.3, 0.4) is 0 Å². The van der Waals surface area contributed by atoms with E-state index in [9.17, 15) is 14.4 Å². The molecule has 0 unspecified atom stereocenters. The molecule has 0 bridgehead atoms. The van der Waals surface area contributed by atoms with Gasteiger partial charge in [-0.2, -0.15) is 0 Å². The Morgan fingerprint density at radius 3 is 1.89 bits per heavy atom. The lowest BCUT2D eigenvalue weighted by Crippen LogP contribution is -2.48. The lowest BCUT2D eigenvalue weighted by atomic mass is 10.1. The van der Waals surface area contributed by atoms with Crippen molar-refractivity contribution < 1.29 is 14.4 Å². The Hall–Kier alpha value is -4.56. The molecular formula is C28H22N4O3S. The second-order valence-corrected chi connectivity index (χ2v) is 9.19. The minimum atomic E-state index is -0.481. The Morgan fingerprint density at radius 1 is 0.667 bits per heavy atom. The first-order chi connectivity index (χ1) is 17.5. The summed E-state index contributed by atoms with van der Waals surface area (Å²) in [4.78, 5) is 41.8. The minimum Gasteiger partial charge on any atom is -0.322 e. The maximum atomic E-state index is 13.1. The van der Waals surface area contributed by atoms with Gasteiger partial charge in [0.05, 0.1) is 11.4 Å². The van der Waals surface area contributed by atoms with Crippen LogP contribution in [0.15, 0.2) is 107 Å². The zero-order valence-electron chi connectivity index (χ0n) is 19.3. The van der Waals surface area contributed by atoms with Crippen LogP contribution in [0.2, 0.25) is 0 Å². The maximum Gasteiger partial charge on any atom is 0.345 e. The second kappa shape index (κ2) is 9.97. The van der Waals surface area contributed by atoms with Crippen LogP contribution >= 0.6 is 11.8 Å².